The van der Waals surface area contributed by atoms with Crippen molar-refractivity contribution in [3.8, 4) is 22.6 Å². The number of imidazole rings is 1. The van der Waals surface area contributed by atoms with Crippen LogP contribution in [0.3, 0.4) is 0 Å². The summed E-state index contributed by atoms with van der Waals surface area (Å²) in [4.78, 5) is 27.3. The van der Waals surface area contributed by atoms with Crippen molar-refractivity contribution in [2.24, 2.45) is 5.84 Å². The van der Waals surface area contributed by atoms with Crippen LogP contribution in [0.15, 0.2) is 53.4 Å². The Balaban J connectivity index is 1.43. The number of ether oxygens (including phenoxy) is 1. The molecule has 1 saturated heterocycles. The summed E-state index contributed by atoms with van der Waals surface area (Å²) in [6.45, 7) is 3.23. The predicted molar refractivity (Wildman–Crippen MR) is 122 cm³/mol. The number of hydrogen-bond donors (Lipinski definition) is 1. The van der Waals surface area contributed by atoms with Gasteiger partial charge in [-0.15, -0.1) is 0 Å². The van der Waals surface area contributed by atoms with Crippen LogP contribution in [0.25, 0.3) is 28.5 Å². The van der Waals surface area contributed by atoms with E-state index in [1.54, 1.807) is 51.8 Å². The predicted octanol–water partition coefficient (Wildman–Crippen LogP) is 3.49. The monoisotopic (exact) mass is 465 g/mol. The summed E-state index contributed by atoms with van der Waals surface area (Å²) >= 11 is 0. The number of hydrogen-bond acceptors (Lipinski definition) is 8. The first-order valence-electron chi connectivity index (χ1n) is 11.1. The van der Waals surface area contributed by atoms with E-state index in [0.717, 1.165) is 5.56 Å². The number of nitrogens with zero attached hydrogens (tertiary/aromatic N) is 6. The van der Waals surface area contributed by atoms with Gasteiger partial charge in [-0.25, -0.2) is 25.0 Å². The molecule has 1 amide bonds. The van der Waals surface area contributed by atoms with E-state index in [2.05, 4.69) is 9.97 Å². The van der Waals surface area contributed by atoms with E-state index in [-0.39, 0.29) is 18.0 Å². The number of oxazole rings is 1. The number of amides is 1. The molecule has 0 radical (unpaired) electrons. The molecule has 5 rings (SSSR count). The first kappa shape index (κ1) is 21.8. The number of halogens is 1. The molecule has 1 aliphatic rings. The van der Waals surface area contributed by atoms with Gasteiger partial charge in [0.05, 0.1) is 18.3 Å². The second-order valence-electron chi connectivity index (χ2n) is 7.94. The van der Waals surface area contributed by atoms with Gasteiger partial charge in [-0.1, -0.05) is 0 Å². The first-order chi connectivity index (χ1) is 16.5. The molecule has 11 heteroatoms. The van der Waals surface area contributed by atoms with Crippen molar-refractivity contribution in [3.05, 3.63) is 54.8 Å². The van der Waals surface area contributed by atoms with Crippen LogP contribution in [0.5, 0.6) is 0 Å². The lowest BCUT2D eigenvalue weighted by Crippen LogP contribution is -2.50. The van der Waals surface area contributed by atoms with Gasteiger partial charge >= 0.3 is 11.9 Å². The summed E-state index contributed by atoms with van der Waals surface area (Å²) in [5.41, 5.74) is 2.61. The number of likely N-dealkylation sites (tertiary alicyclic amines) is 1. The van der Waals surface area contributed by atoms with Crippen LogP contribution in [0.1, 0.15) is 19.8 Å². The Kier molecular flexibility index (Phi) is 5.84. The topological polar surface area (TPSA) is 115 Å². The highest BCUT2D eigenvalue weighted by atomic mass is 19.1. The van der Waals surface area contributed by atoms with Gasteiger partial charge in [0.25, 0.3) is 0 Å². The fourth-order valence-corrected chi connectivity index (χ4v) is 4.15. The van der Waals surface area contributed by atoms with Gasteiger partial charge in [0.1, 0.15) is 23.5 Å². The quantitative estimate of drug-likeness (QED) is 0.352. The maximum atomic E-state index is 13.5. The number of hydrazine groups is 1. The van der Waals surface area contributed by atoms with Crippen LogP contribution in [-0.2, 0) is 4.74 Å². The van der Waals surface area contributed by atoms with Crippen LogP contribution in [0.4, 0.5) is 15.1 Å². The Labute approximate surface area is 194 Å². The van der Waals surface area contributed by atoms with Crippen LogP contribution in [-0.4, -0.2) is 56.1 Å². The number of rotatable bonds is 5. The molecular formula is C23H24FN7O3. The van der Waals surface area contributed by atoms with Crippen molar-refractivity contribution in [1.29, 1.82) is 0 Å². The smallest absolute Gasteiger partial charge is 0.409 e. The third-order valence-electron chi connectivity index (χ3n) is 5.88. The molecule has 1 aromatic carbocycles. The molecule has 0 saturated carbocycles. The molecular weight excluding hydrogens is 441 g/mol. The van der Waals surface area contributed by atoms with E-state index in [1.807, 2.05) is 0 Å². The second-order valence-corrected chi connectivity index (χ2v) is 7.94. The lowest BCUT2D eigenvalue weighted by molar-refractivity contribution is 0.0967. The van der Waals surface area contributed by atoms with E-state index in [9.17, 15) is 9.18 Å². The highest BCUT2D eigenvalue weighted by Crippen LogP contribution is 2.33. The summed E-state index contributed by atoms with van der Waals surface area (Å²) < 4.78 is 25.8. The molecule has 1 aliphatic heterocycles. The van der Waals surface area contributed by atoms with Crippen molar-refractivity contribution in [3.63, 3.8) is 0 Å². The van der Waals surface area contributed by atoms with E-state index < -0.39 is 0 Å². The summed E-state index contributed by atoms with van der Waals surface area (Å²) in [5.74, 6) is 6.84. The normalized spacial score (nSPS) is 14.5. The molecule has 0 unspecified atom stereocenters. The highest BCUT2D eigenvalue weighted by molar-refractivity contribution is 5.79. The van der Waals surface area contributed by atoms with Crippen LogP contribution in [0.2, 0.25) is 0 Å². The third kappa shape index (κ3) is 4.05. The molecule has 3 aromatic heterocycles. The standard InChI is InChI=1S/C23H24FN7O3/c1-2-33-23(32)29-11-8-17(9-12-29)31(25)21-26-10-7-18(27-21)20-19(15-3-5-16(24)6-4-15)28-22-30(20)13-14-34-22/h3-7,10,13-14,17H,2,8-9,11-12,25H2,1H3. The Morgan fingerprint density at radius 3 is 2.74 bits per heavy atom. The highest BCUT2D eigenvalue weighted by Gasteiger charge is 2.28. The van der Waals surface area contributed by atoms with Gasteiger partial charge < -0.3 is 14.1 Å². The molecule has 176 valence electrons. The van der Waals surface area contributed by atoms with Gasteiger partial charge in [-0.3, -0.25) is 9.41 Å². The van der Waals surface area contributed by atoms with Crippen LogP contribution >= 0.6 is 0 Å². The number of nitrogens with two attached hydrogens (primary N) is 1. The fourth-order valence-electron chi connectivity index (χ4n) is 4.15. The average molecular weight is 465 g/mol. The van der Waals surface area contributed by atoms with Crippen molar-refractivity contribution >= 4 is 17.9 Å². The number of benzene rings is 1. The summed E-state index contributed by atoms with van der Waals surface area (Å²) in [6.07, 6.45) is 5.96. The zero-order chi connectivity index (χ0) is 23.7. The Bertz CT molecular complexity index is 1300. The van der Waals surface area contributed by atoms with Crippen molar-refractivity contribution in [2.45, 2.75) is 25.8 Å². The number of aromatic nitrogens is 4. The van der Waals surface area contributed by atoms with Gasteiger partial charge in [0.15, 0.2) is 0 Å². The third-order valence-corrected chi connectivity index (χ3v) is 5.88. The van der Waals surface area contributed by atoms with Crippen molar-refractivity contribution in [2.75, 3.05) is 24.7 Å². The van der Waals surface area contributed by atoms with Crippen LogP contribution < -0.4 is 10.9 Å². The van der Waals surface area contributed by atoms with Crippen molar-refractivity contribution in [1.82, 2.24) is 24.3 Å². The minimum atomic E-state index is -0.328. The Hall–Kier alpha value is -3.99. The van der Waals surface area contributed by atoms with Gasteiger partial charge in [-0.05, 0) is 50.1 Å². The summed E-state index contributed by atoms with van der Waals surface area (Å²) in [5, 5.41) is 1.55. The molecule has 4 aromatic rings. The number of piperidine rings is 1. The molecule has 4 heterocycles. The first-order valence-corrected chi connectivity index (χ1v) is 11.1. The van der Waals surface area contributed by atoms with Crippen LogP contribution in [0, 0.1) is 5.82 Å². The summed E-state index contributed by atoms with van der Waals surface area (Å²) in [7, 11) is 0. The number of anilines is 1. The maximum absolute atomic E-state index is 13.5. The number of carbonyl (C=O) groups excluding carboxylic acids is 1. The van der Waals surface area contributed by atoms with Gasteiger partial charge in [0, 0.05) is 31.0 Å². The average Bonchev–Trinajstić information content (AvgIpc) is 3.46. The zero-order valence-corrected chi connectivity index (χ0v) is 18.6. The van der Waals surface area contributed by atoms with E-state index >= 15 is 0 Å². The molecule has 1 fully saturated rings. The fraction of sp³-hybridized carbons (Fsp3) is 0.304. The molecule has 2 N–H and O–H groups in total. The maximum Gasteiger partial charge on any atom is 0.409 e. The van der Waals surface area contributed by atoms with Crippen molar-refractivity contribution < 1.29 is 18.3 Å². The second kappa shape index (κ2) is 9.10. The van der Waals surface area contributed by atoms with Gasteiger partial charge in [0.2, 0.25) is 5.95 Å². The minimum absolute atomic E-state index is 0.0307. The SMILES string of the molecule is CCOC(=O)N1CCC(N(N)c2nccc(-c3c(-c4ccc(F)cc4)nc4occn34)n2)CC1. The zero-order valence-electron chi connectivity index (χ0n) is 18.6. The molecule has 34 heavy (non-hydrogen) atoms. The molecule has 0 atom stereocenters. The van der Waals surface area contributed by atoms with Gasteiger partial charge in [-0.2, -0.15) is 4.98 Å². The Morgan fingerprint density at radius 2 is 2.00 bits per heavy atom. The molecule has 0 aliphatic carbocycles. The lowest BCUT2D eigenvalue weighted by atomic mass is 10.1. The van der Waals surface area contributed by atoms with E-state index in [0.29, 0.717) is 61.4 Å². The number of fused-ring (bicyclic) bond motifs is 1. The minimum Gasteiger partial charge on any atom is -0.450 e. The van der Waals surface area contributed by atoms with E-state index in [1.165, 1.54) is 18.4 Å². The molecule has 0 spiro atoms. The lowest BCUT2D eigenvalue weighted by Gasteiger charge is -2.35. The number of carbonyl (C=O) groups is 1. The molecule has 10 nitrogen and oxygen atoms in total. The largest absolute Gasteiger partial charge is 0.450 e. The summed E-state index contributed by atoms with van der Waals surface area (Å²) in [6, 6.07) is 7.83. The van der Waals surface area contributed by atoms with E-state index in [4.69, 9.17) is 20.0 Å². The Morgan fingerprint density at radius 1 is 1.24 bits per heavy atom. The molecule has 0 bridgehead atoms.